The average Bonchev–Trinajstić information content (AvgIpc) is 2.87. The lowest BCUT2D eigenvalue weighted by molar-refractivity contribution is 0.351. The van der Waals surface area contributed by atoms with Gasteiger partial charge in [0.05, 0.1) is 0 Å². The molecule has 0 aliphatic heterocycles. The fourth-order valence-electron chi connectivity index (χ4n) is 3.19. The molecule has 0 aromatic rings. The minimum absolute atomic E-state index is 0.300. The van der Waals surface area contributed by atoms with Gasteiger partial charge in [-0.2, -0.15) is 0 Å². The molecule has 1 nitrogen and oxygen atoms in total. The maximum absolute atomic E-state index is 3.68. The summed E-state index contributed by atoms with van der Waals surface area (Å²) in [6.45, 7) is 8.07. The molecule has 2 aliphatic carbocycles. The van der Waals surface area contributed by atoms with Gasteiger partial charge < -0.3 is 5.32 Å². The Kier molecular flexibility index (Phi) is 3.12. The van der Waals surface area contributed by atoms with Gasteiger partial charge in [0.25, 0.3) is 0 Å². The summed E-state index contributed by atoms with van der Waals surface area (Å²) < 4.78 is 0. The van der Waals surface area contributed by atoms with Crippen LogP contribution in [0.1, 0.15) is 65.7 Å². The van der Waals surface area contributed by atoms with Crippen LogP contribution >= 0.6 is 0 Å². The molecule has 1 heteroatoms. The minimum Gasteiger partial charge on any atom is -0.312 e. The molecule has 2 saturated carbocycles. The fourth-order valence-corrected chi connectivity index (χ4v) is 3.19. The van der Waals surface area contributed by atoms with E-state index in [1.807, 2.05) is 0 Å². The first kappa shape index (κ1) is 11.4. The Morgan fingerprint density at radius 1 is 1.07 bits per heavy atom. The molecule has 0 radical (unpaired) electrons. The third-order valence-electron chi connectivity index (χ3n) is 4.34. The standard InChI is InChI=1S/C14H27N/c1-13(2,3)15-11-12-10-14(12)8-6-4-5-7-9-14/h12,15H,4-11H2,1-3H3. The summed E-state index contributed by atoms with van der Waals surface area (Å²) in [6.07, 6.45) is 10.5. The lowest BCUT2D eigenvalue weighted by Crippen LogP contribution is -2.37. The van der Waals surface area contributed by atoms with E-state index in [2.05, 4.69) is 26.1 Å². The van der Waals surface area contributed by atoms with Crippen LogP contribution in [-0.4, -0.2) is 12.1 Å². The smallest absolute Gasteiger partial charge is 0.00966 e. The van der Waals surface area contributed by atoms with Gasteiger partial charge in [0.2, 0.25) is 0 Å². The van der Waals surface area contributed by atoms with Gasteiger partial charge in [-0.05, 0) is 57.9 Å². The van der Waals surface area contributed by atoms with E-state index in [1.54, 1.807) is 0 Å². The van der Waals surface area contributed by atoms with Gasteiger partial charge in [0.1, 0.15) is 0 Å². The van der Waals surface area contributed by atoms with Gasteiger partial charge in [-0.1, -0.05) is 25.7 Å². The van der Waals surface area contributed by atoms with Crippen molar-refractivity contribution in [3.63, 3.8) is 0 Å². The molecule has 0 bridgehead atoms. The monoisotopic (exact) mass is 209 g/mol. The van der Waals surface area contributed by atoms with Crippen LogP contribution in [0.3, 0.4) is 0 Å². The van der Waals surface area contributed by atoms with Crippen LogP contribution in [0.25, 0.3) is 0 Å². The van der Waals surface area contributed by atoms with Crippen molar-refractivity contribution >= 4 is 0 Å². The minimum atomic E-state index is 0.300. The Balaban J connectivity index is 1.78. The molecular formula is C14H27N. The maximum Gasteiger partial charge on any atom is 0.00966 e. The number of nitrogens with one attached hydrogen (secondary N) is 1. The van der Waals surface area contributed by atoms with Gasteiger partial charge in [-0.25, -0.2) is 0 Å². The van der Waals surface area contributed by atoms with E-state index < -0.39 is 0 Å². The van der Waals surface area contributed by atoms with E-state index in [1.165, 1.54) is 51.5 Å². The molecule has 15 heavy (non-hydrogen) atoms. The van der Waals surface area contributed by atoms with E-state index in [9.17, 15) is 0 Å². The number of hydrogen-bond donors (Lipinski definition) is 1. The van der Waals surface area contributed by atoms with Crippen LogP contribution in [0.15, 0.2) is 0 Å². The van der Waals surface area contributed by atoms with Crippen LogP contribution in [0.4, 0.5) is 0 Å². The zero-order chi connectivity index (χ0) is 10.9. The molecule has 1 atom stereocenters. The summed E-state index contributed by atoms with van der Waals surface area (Å²) in [4.78, 5) is 0. The van der Waals surface area contributed by atoms with Crippen LogP contribution in [-0.2, 0) is 0 Å². The van der Waals surface area contributed by atoms with Crippen molar-refractivity contribution in [3.8, 4) is 0 Å². The molecule has 1 N–H and O–H groups in total. The van der Waals surface area contributed by atoms with Gasteiger partial charge in [0.15, 0.2) is 0 Å². The van der Waals surface area contributed by atoms with Crippen LogP contribution < -0.4 is 5.32 Å². The van der Waals surface area contributed by atoms with Crippen molar-refractivity contribution in [2.45, 2.75) is 71.3 Å². The lowest BCUT2D eigenvalue weighted by atomic mass is 9.93. The first-order chi connectivity index (χ1) is 7.02. The highest BCUT2D eigenvalue weighted by Gasteiger charge is 2.52. The molecule has 2 fully saturated rings. The third kappa shape index (κ3) is 2.96. The van der Waals surface area contributed by atoms with Crippen molar-refractivity contribution in [1.82, 2.24) is 5.32 Å². The second-order valence-electron chi connectivity index (χ2n) is 6.81. The Morgan fingerprint density at radius 3 is 2.20 bits per heavy atom. The predicted octanol–water partition coefficient (Wildman–Crippen LogP) is 3.74. The first-order valence-corrected chi connectivity index (χ1v) is 6.77. The van der Waals surface area contributed by atoms with Crippen LogP contribution in [0.5, 0.6) is 0 Å². The Bertz CT molecular complexity index is 206. The third-order valence-corrected chi connectivity index (χ3v) is 4.34. The largest absolute Gasteiger partial charge is 0.312 e. The molecule has 2 rings (SSSR count). The van der Waals surface area contributed by atoms with Crippen molar-refractivity contribution < 1.29 is 0 Å². The first-order valence-electron chi connectivity index (χ1n) is 6.77. The summed E-state index contributed by atoms with van der Waals surface area (Å²) in [5, 5.41) is 3.68. The summed E-state index contributed by atoms with van der Waals surface area (Å²) in [5.74, 6) is 0.995. The molecular weight excluding hydrogens is 182 g/mol. The van der Waals surface area contributed by atoms with E-state index in [0.29, 0.717) is 5.54 Å². The van der Waals surface area contributed by atoms with Gasteiger partial charge in [-0.15, -0.1) is 0 Å². The van der Waals surface area contributed by atoms with Crippen LogP contribution in [0.2, 0.25) is 0 Å². The van der Waals surface area contributed by atoms with Crippen molar-refractivity contribution in [2.24, 2.45) is 11.3 Å². The predicted molar refractivity (Wildman–Crippen MR) is 66.0 cm³/mol. The van der Waals surface area contributed by atoms with E-state index in [-0.39, 0.29) is 0 Å². The zero-order valence-corrected chi connectivity index (χ0v) is 10.7. The normalized spacial score (nSPS) is 30.2. The van der Waals surface area contributed by atoms with Crippen molar-refractivity contribution in [3.05, 3.63) is 0 Å². The molecule has 0 aromatic carbocycles. The highest BCUT2D eigenvalue weighted by molar-refractivity contribution is 5.03. The van der Waals surface area contributed by atoms with Crippen molar-refractivity contribution in [1.29, 1.82) is 0 Å². The summed E-state index contributed by atoms with van der Waals surface area (Å²) in [5.41, 5.74) is 1.09. The maximum atomic E-state index is 3.68. The summed E-state index contributed by atoms with van der Waals surface area (Å²) in [6, 6.07) is 0. The second kappa shape index (κ2) is 4.08. The molecule has 0 heterocycles. The Hall–Kier alpha value is -0.0400. The topological polar surface area (TPSA) is 12.0 Å². The fraction of sp³-hybridized carbons (Fsp3) is 1.00. The van der Waals surface area contributed by atoms with Crippen molar-refractivity contribution in [2.75, 3.05) is 6.54 Å². The van der Waals surface area contributed by atoms with Gasteiger partial charge >= 0.3 is 0 Å². The Morgan fingerprint density at radius 2 is 1.67 bits per heavy atom. The second-order valence-corrected chi connectivity index (χ2v) is 6.81. The number of rotatable bonds is 2. The highest BCUT2D eigenvalue weighted by Crippen LogP contribution is 2.60. The SMILES string of the molecule is CC(C)(C)NCC1CC12CCCCCC2. The summed E-state index contributed by atoms with van der Waals surface area (Å²) >= 11 is 0. The molecule has 0 amide bonds. The molecule has 0 aromatic heterocycles. The highest BCUT2D eigenvalue weighted by atomic mass is 15.0. The quantitative estimate of drug-likeness (QED) is 0.730. The van der Waals surface area contributed by atoms with Gasteiger partial charge in [-0.3, -0.25) is 0 Å². The molecule has 2 aliphatic rings. The zero-order valence-electron chi connectivity index (χ0n) is 10.7. The van der Waals surface area contributed by atoms with E-state index in [0.717, 1.165) is 11.3 Å². The van der Waals surface area contributed by atoms with Gasteiger partial charge in [0, 0.05) is 5.54 Å². The average molecular weight is 209 g/mol. The molecule has 1 spiro atoms. The van der Waals surface area contributed by atoms with E-state index >= 15 is 0 Å². The Labute approximate surface area is 95.0 Å². The van der Waals surface area contributed by atoms with Crippen LogP contribution in [0, 0.1) is 11.3 Å². The molecule has 0 saturated heterocycles. The van der Waals surface area contributed by atoms with E-state index in [4.69, 9.17) is 0 Å². The molecule has 1 unspecified atom stereocenters. The number of hydrogen-bond acceptors (Lipinski definition) is 1. The lowest BCUT2D eigenvalue weighted by Gasteiger charge is -2.22. The summed E-state index contributed by atoms with van der Waals surface area (Å²) in [7, 11) is 0. The molecule has 88 valence electrons.